The van der Waals surface area contributed by atoms with Crippen LogP contribution < -0.4 is 11.1 Å². The van der Waals surface area contributed by atoms with E-state index < -0.39 is 11.7 Å². The van der Waals surface area contributed by atoms with Crippen LogP contribution in [0.2, 0.25) is 5.02 Å². The Kier molecular flexibility index (Phi) is 3.80. The number of nitrogens with zero attached hydrogens (tertiary/aromatic N) is 1. The molecule has 0 aliphatic heterocycles. The van der Waals surface area contributed by atoms with E-state index in [-0.39, 0.29) is 21.4 Å². The van der Waals surface area contributed by atoms with Gasteiger partial charge < -0.3 is 11.1 Å². The molecule has 0 saturated carbocycles. The number of benzene rings is 1. The fourth-order valence-electron chi connectivity index (χ4n) is 1.11. The van der Waals surface area contributed by atoms with Crippen molar-refractivity contribution in [1.82, 2.24) is 0 Å². The van der Waals surface area contributed by atoms with Crippen LogP contribution in [0.4, 0.5) is 18.9 Å². The van der Waals surface area contributed by atoms with Gasteiger partial charge in [0, 0.05) is 0 Å². The Bertz CT molecular complexity index is 507. The van der Waals surface area contributed by atoms with Gasteiger partial charge in [-0.3, -0.25) is 0 Å². The van der Waals surface area contributed by atoms with Crippen LogP contribution >= 0.6 is 23.8 Å². The standard InChI is InChI=1S/C9H5ClF3N3S/c10-6-2-5(9(11,12)13)1-4(3-14)7(6)16-8(15)17/h1-2H,(H3,15,16,17). The maximum Gasteiger partial charge on any atom is 0.416 e. The first-order valence-electron chi connectivity index (χ1n) is 4.13. The van der Waals surface area contributed by atoms with Gasteiger partial charge in [-0.1, -0.05) is 11.6 Å². The lowest BCUT2D eigenvalue weighted by Gasteiger charge is -2.12. The van der Waals surface area contributed by atoms with Crippen molar-refractivity contribution in [2.24, 2.45) is 5.73 Å². The zero-order valence-corrected chi connectivity index (χ0v) is 9.67. The molecule has 3 nitrogen and oxygen atoms in total. The third kappa shape index (κ3) is 3.22. The summed E-state index contributed by atoms with van der Waals surface area (Å²) in [6.07, 6.45) is -4.57. The summed E-state index contributed by atoms with van der Waals surface area (Å²) < 4.78 is 37.3. The van der Waals surface area contributed by atoms with E-state index in [2.05, 4.69) is 17.5 Å². The van der Waals surface area contributed by atoms with Gasteiger partial charge in [-0.25, -0.2) is 0 Å². The molecule has 0 heterocycles. The number of anilines is 1. The molecule has 90 valence electrons. The number of halogens is 4. The second kappa shape index (κ2) is 4.77. The van der Waals surface area contributed by atoms with Gasteiger partial charge >= 0.3 is 6.18 Å². The van der Waals surface area contributed by atoms with E-state index in [1.807, 2.05) is 0 Å². The molecule has 0 spiro atoms. The summed E-state index contributed by atoms with van der Waals surface area (Å²) in [4.78, 5) is 0. The minimum atomic E-state index is -4.57. The van der Waals surface area contributed by atoms with Crippen LogP contribution in [0.15, 0.2) is 12.1 Å². The van der Waals surface area contributed by atoms with Crippen LogP contribution in [0.25, 0.3) is 0 Å². The Morgan fingerprint density at radius 2 is 2.06 bits per heavy atom. The quantitative estimate of drug-likeness (QED) is 0.776. The van der Waals surface area contributed by atoms with Gasteiger partial charge in [-0.2, -0.15) is 18.4 Å². The highest BCUT2D eigenvalue weighted by atomic mass is 35.5. The van der Waals surface area contributed by atoms with Gasteiger partial charge in [0.05, 0.1) is 21.8 Å². The number of nitrogens with one attached hydrogen (secondary N) is 1. The average Bonchev–Trinajstić information content (AvgIpc) is 2.18. The molecule has 0 saturated heterocycles. The molecule has 0 aliphatic carbocycles. The van der Waals surface area contributed by atoms with Crippen LogP contribution in [0.5, 0.6) is 0 Å². The minimum Gasteiger partial charge on any atom is -0.376 e. The van der Waals surface area contributed by atoms with Crippen LogP contribution in [-0.2, 0) is 6.18 Å². The van der Waals surface area contributed by atoms with Gasteiger partial charge in [-0.15, -0.1) is 0 Å². The van der Waals surface area contributed by atoms with E-state index in [0.717, 1.165) is 0 Å². The molecule has 0 atom stereocenters. The number of alkyl halides is 3. The Morgan fingerprint density at radius 3 is 2.47 bits per heavy atom. The number of thiocarbonyl (C=S) groups is 1. The predicted octanol–water partition coefficient (Wildman–Crippen LogP) is 2.89. The second-order valence-corrected chi connectivity index (χ2v) is 3.83. The van der Waals surface area contributed by atoms with E-state index in [1.165, 1.54) is 0 Å². The summed E-state index contributed by atoms with van der Waals surface area (Å²) in [5.41, 5.74) is 3.85. The van der Waals surface area contributed by atoms with Gasteiger partial charge in [0.25, 0.3) is 0 Å². The molecule has 0 bridgehead atoms. The zero-order chi connectivity index (χ0) is 13.2. The van der Waals surface area contributed by atoms with Crippen molar-refractivity contribution in [1.29, 1.82) is 5.26 Å². The lowest BCUT2D eigenvalue weighted by Crippen LogP contribution is -2.20. The van der Waals surface area contributed by atoms with Crippen LogP contribution in [0.3, 0.4) is 0 Å². The highest BCUT2D eigenvalue weighted by molar-refractivity contribution is 7.80. The summed E-state index contributed by atoms with van der Waals surface area (Å²) in [7, 11) is 0. The lowest BCUT2D eigenvalue weighted by molar-refractivity contribution is -0.137. The highest BCUT2D eigenvalue weighted by Gasteiger charge is 2.32. The van der Waals surface area contributed by atoms with Crippen molar-refractivity contribution in [2.45, 2.75) is 6.18 Å². The Hall–Kier alpha value is -1.52. The fraction of sp³-hybridized carbons (Fsp3) is 0.111. The Balaban J connectivity index is 3.37. The van der Waals surface area contributed by atoms with Crippen LogP contribution in [0.1, 0.15) is 11.1 Å². The summed E-state index contributed by atoms with van der Waals surface area (Å²) >= 11 is 10.2. The molecule has 1 rings (SSSR count). The monoisotopic (exact) mass is 279 g/mol. The molecular weight excluding hydrogens is 275 g/mol. The number of rotatable bonds is 1. The molecule has 17 heavy (non-hydrogen) atoms. The van der Waals surface area contributed by atoms with Gasteiger partial charge in [0.1, 0.15) is 6.07 Å². The van der Waals surface area contributed by atoms with Crippen LogP contribution in [-0.4, -0.2) is 5.11 Å². The number of nitriles is 1. The predicted molar refractivity (Wildman–Crippen MR) is 61.6 cm³/mol. The van der Waals surface area contributed by atoms with Crippen molar-refractivity contribution in [3.8, 4) is 6.07 Å². The molecule has 0 fully saturated rings. The first kappa shape index (κ1) is 13.5. The SMILES string of the molecule is N#Cc1cc(C(F)(F)F)cc(Cl)c1NC(N)=S. The Labute approximate surface area is 105 Å². The zero-order valence-electron chi connectivity index (χ0n) is 8.10. The number of nitrogens with two attached hydrogens (primary N) is 1. The van der Waals surface area contributed by atoms with Crippen molar-refractivity contribution in [2.75, 3.05) is 5.32 Å². The van der Waals surface area contributed by atoms with Crippen molar-refractivity contribution in [3.63, 3.8) is 0 Å². The van der Waals surface area contributed by atoms with Gasteiger partial charge in [0.2, 0.25) is 0 Å². The second-order valence-electron chi connectivity index (χ2n) is 2.98. The van der Waals surface area contributed by atoms with Gasteiger partial charge in [-0.05, 0) is 24.4 Å². The third-order valence-corrected chi connectivity index (χ3v) is 2.19. The fourth-order valence-corrected chi connectivity index (χ4v) is 1.48. The largest absolute Gasteiger partial charge is 0.416 e. The van der Waals surface area contributed by atoms with Crippen molar-refractivity contribution in [3.05, 3.63) is 28.3 Å². The summed E-state index contributed by atoms with van der Waals surface area (Å²) in [5, 5.41) is 10.6. The van der Waals surface area contributed by atoms with E-state index >= 15 is 0 Å². The molecule has 0 unspecified atom stereocenters. The van der Waals surface area contributed by atoms with Crippen LogP contribution in [0, 0.1) is 11.3 Å². The third-order valence-electron chi connectivity index (χ3n) is 1.79. The molecule has 1 aromatic carbocycles. The summed E-state index contributed by atoms with van der Waals surface area (Å²) in [6, 6.07) is 2.96. The maximum atomic E-state index is 12.4. The summed E-state index contributed by atoms with van der Waals surface area (Å²) in [6.45, 7) is 0. The molecular formula is C9H5ClF3N3S. The van der Waals surface area contributed by atoms with Crippen molar-refractivity contribution < 1.29 is 13.2 Å². The normalized spacial score (nSPS) is 10.8. The Morgan fingerprint density at radius 1 is 1.47 bits per heavy atom. The smallest absolute Gasteiger partial charge is 0.376 e. The van der Waals surface area contributed by atoms with E-state index in [1.54, 1.807) is 6.07 Å². The number of hydrogen-bond donors (Lipinski definition) is 2. The first-order valence-corrected chi connectivity index (χ1v) is 4.91. The average molecular weight is 280 g/mol. The molecule has 3 N–H and O–H groups in total. The van der Waals surface area contributed by atoms with E-state index in [9.17, 15) is 13.2 Å². The molecule has 0 aliphatic rings. The number of hydrogen-bond acceptors (Lipinski definition) is 2. The first-order chi connectivity index (χ1) is 7.75. The molecule has 0 radical (unpaired) electrons. The topological polar surface area (TPSA) is 61.8 Å². The lowest BCUT2D eigenvalue weighted by atomic mass is 10.1. The van der Waals surface area contributed by atoms with Gasteiger partial charge in [0.15, 0.2) is 5.11 Å². The molecule has 8 heteroatoms. The maximum absolute atomic E-state index is 12.4. The highest BCUT2D eigenvalue weighted by Crippen LogP contribution is 2.35. The molecule has 0 amide bonds. The van der Waals surface area contributed by atoms with E-state index in [0.29, 0.717) is 12.1 Å². The van der Waals surface area contributed by atoms with Crippen molar-refractivity contribution >= 4 is 34.6 Å². The van der Waals surface area contributed by atoms with E-state index in [4.69, 9.17) is 22.6 Å². The minimum absolute atomic E-state index is 0.0327. The molecule has 0 aromatic heterocycles. The summed E-state index contributed by atoms with van der Waals surface area (Å²) in [5.74, 6) is 0. The molecule has 1 aromatic rings.